The first kappa shape index (κ1) is 14.2. The van der Waals surface area contributed by atoms with Crippen molar-refractivity contribution in [1.29, 1.82) is 0 Å². The number of aliphatic hydroxyl groups is 1. The molecule has 1 aliphatic rings. The molecular formula is C14H20N4O3. The summed E-state index contributed by atoms with van der Waals surface area (Å²) in [5.74, 6) is 0.504. The van der Waals surface area contributed by atoms with Crippen LogP contribution in [0.4, 0.5) is 0 Å². The molecule has 0 saturated carbocycles. The average Bonchev–Trinajstić information content (AvgIpc) is 3.13. The number of imidazole rings is 1. The Labute approximate surface area is 122 Å². The van der Waals surface area contributed by atoms with E-state index in [0.717, 1.165) is 19.3 Å². The third-order valence-electron chi connectivity index (χ3n) is 3.81. The van der Waals surface area contributed by atoms with Crippen LogP contribution in [0, 0.1) is 0 Å². The minimum Gasteiger partial charge on any atom is -0.473 e. The van der Waals surface area contributed by atoms with Gasteiger partial charge in [-0.2, -0.15) is 4.98 Å². The van der Waals surface area contributed by atoms with Crippen LogP contribution in [0.15, 0.2) is 12.7 Å². The number of hydrogen-bond donors (Lipinski definition) is 1. The molecule has 0 bridgehead atoms. The molecule has 0 aliphatic carbocycles. The quantitative estimate of drug-likeness (QED) is 0.902. The summed E-state index contributed by atoms with van der Waals surface area (Å²) in [5, 5.41) is 9.17. The van der Waals surface area contributed by atoms with Crippen LogP contribution in [0.1, 0.15) is 39.3 Å². The largest absolute Gasteiger partial charge is 0.473 e. The highest BCUT2D eigenvalue weighted by molar-refractivity contribution is 5.76. The molecule has 3 rings (SSSR count). The number of ether oxygens (including phenoxy) is 2. The molecule has 3 atom stereocenters. The fraction of sp³-hybridized carbons (Fsp3) is 0.643. The van der Waals surface area contributed by atoms with Gasteiger partial charge in [0.05, 0.1) is 25.1 Å². The normalized spacial score (nSPS) is 23.6. The molecule has 0 spiro atoms. The third kappa shape index (κ3) is 2.71. The Morgan fingerprint density at radius 1 is 1.43 bits per heavy atom. The second-order valence-electron chi connectivity index (χ2n) is 5.31. The average molecular weight is 292 g/mol. The van der Waals surface area contributed by atoms with Crippen molar-refractivity contribution in [2.24, 2.45) is 0 Å². The lowest BCUT2D eigenvalue weighted by molar-refractivity contribution is -0.0207. The first-order chi connectivity index (χ1) is 10.2. The fourth-order valence-electron chi connectivity index (χ4n) is 2.43. The van der Waals surface area contributed by atoms with E-state index in [0.29, 0.717) is 17.0 Å². The van der Waals surface area contributed by atoms with Gasteiger partial charge in [0.15, 0.2) is 11.2 Å². The molecule has 0 amide bonds. The lowest BCUT2D eigenvalue weighted by Crippen LogP contribution is -2.14. The van der Waals surface area contributed by atoms with E-state index in [1.807, 2.05) is 11.5 Å². The number of rotatable bonds is 5. The van der Waals surface area contributed by atoms with Gasteiger partial charge >= 0.3 is 0 Å². The Bertz CT molecular complexity index is 615. The SMILES string of the molecule is CC[C@@H](C)Oc1ncnc2c1ncn2[C@H]1CC[C@@H](CO)O1. The predicted molar refractivity (Wildman–Crippen MR) is 75.9 cm³/mol. The highest BCUT2D eigenvalue weighted by Crippen LogP contribution is 2.31. The van der Waals surface area contributed by atoms with Gasteiger partial charge in [0, 0.05) is 0 Å². The zero-order valence-electron chi connectivity index (χ0n) is 12.3. The maximum Gasteiger partial charge on any atom is 0.245 e. The van der Waals surface area contributed by atoms with E-state index in [2.05, 4.69) is 21.9 Å². The molecule has 1 saturated heterocycles. The summed E-state index contributed by atoms with van der Waals surface area (Å²) in [6, 6.07) is 0. The van der Waals surface area contributed by atoms with Gasteiger partial charge < -0.3 is 14.6 Å². The number of fused-ring (bicyclic) bond motifs is 1. The van der Waals surface area contributed by atoms with E-state index in [9.17, 15) is 0 Å². The van der Waals surface area contributed by atoms with Crippen LogP contribution in [0.25, 0.3) is 11.2 Å². The Kier molecular flexibility index (Phi) is 4.03. The monoisotopic (exact) mass is 292 g/mol. The summed E-state index contributed by atoms with van der Waals surface area (Å²) in [7, 11) is 0. The zero-order chi connectivity index (χ0) is 14.8. The molecule has 1 aliphatic heterocycles. The first-order valence-corrected chi connectivity index (χ1v) is 7.33. The zero-order valence-corrected chi connectivity index (χ0v) is 12.3. The van der Waals surface area contributed by atoms with Crippen molar-refractivity contribution < 1.29 is 14.6 Å². The van der Waals surface area contributed by atoms with Crippen LogP contribution in [0.3, 0.4) is 0 Å². The molecule has 2 aromatic rings. The number of aliphatic hydroxyl groups excluding tert-OH is 1. The van der Waals surface area contributed by atoms with Crippen molar-refractivity contribution in [3.8, 4) is 5.88 Å². The van der Waals surface area contributed by atoms with Crippen molar-refractivity contribution in [2.75, 3.05) is 6.61 Å². The van der Waals surface area contributed by atoms with Gasteiger partial charge in [0.1, 0.15) is 12.6 Å². The van der Waals surface area contributed by atoms with Gasteiger partial charge in [-0.3, -0.25) is 4.57 Å². The highest BCUT2D eigenvalue weighted by atomic mass is 16.5. The Balaban J connectivity index is 1.90. The second-order valence-corrected chi connectivity index (χ2v) is 5.31. The minimum atomic E-state index is -0.140. The lowest BCUT2D eigenvalue weighted by Gasteiger charge is -2.14. The van der Waals surface area contributed by atoms with Gasteiger partial charge in [0.25, 0.3) is 0 Å². The summed E-state index contributed by atoms with van der Waals surface area (Å²) in [6.07, 6.45) is 5.59. The summed E-state index contributed by atoms with van der Waals surface area (Å²) < 4.78 is 13.4. The maximum absolute atomic E-state index is 9.17. The third-order valence-corrected chi connectivity index (χ3v) is 3.81. The van der Waals surface area contributed by atoms with Crippen LogP contribution >= 0.6 is 0 Å². The van der Waals surface area contributed by atoms with E-state index in [-0.39, 0.29) is 25.0 Å². The molecule has 0 unspecified atom stereocenters. The van der Waals surface area contributed by atoms with E-state index < -0.39 is 0 Å². The summed E-state index contributed by atoms with van der Waals surface area (Å²) >= 11 is 0. The number of aromatic nitrogens is 4. The molecule has 0 radical (unpaired) electrons. The van der Waals surface area contributed by atoms with Crippen LogP contribution in [0.5, 0.6) is 5.88 Å². The van der Waals surface area contributed by atoms with E-state index in [1.54, 1.807) is 6.33 Å². The van der Waals surface area contributed by atoms with Crippen molar-refractivity contribution >= 4 is 11.2 Å². The highest BCUT2D eigenvalue weighted by Gasteiger charge is 2.28. The molecule has 7 heteroatoms. The molecule has 1 fully saturated rings. The summed E-state index contributed by atoms with van der Waals surface area (Å²) in [5.41, 5.74) is 1.35. The number of hydrogen-bond acceptors (Lipinski definition) is 6. The van der Waals surface area contributed by atoms with Gasteiger partial charge in [0.2, 0.25) is 5.88 Å². The van der Waals surface area contributed by atoms with Crippen molar-refractivity contribution in [3.63, 3.8) is 0 Å². The van der Waals surface area contributed by atoms with Gasteiger partial charge in [-0.1, -0.05) is 6.92 Å². The molecule has 0 aromatic carbocycles. The maximum atomic E-state index is 9.17. The second kappa shape index (κ2) is 5.95. The molecule has 3 heterocycles. The number of nitrogens with zero attached hydrogens (tertiary/aromatic N) is 4. The van der Waals surface area contributed by atoms with Crippen LogP contribution in [-0.4, -0.2) is 43.4 Å². The Morgan fingerprint density at radius 2 is 2.29 bits per heavy atom. The molecular weight excluding hydrogens is 272 g/mol. The molecule has 2 aromatic heterocycles. The summed E-state index contributed by atoms with van der Waals surface area (Å²) in [6.45, 7) is 4.10. The topological polar surface area (TPSA) is 82.3 Å². The summed E-state index contributed by atoms with van der Waals surface area (Å²) in [4.78, 5) is 12.8. The van der Waals surface area contributed by atoms with E-state index in [4.69, 9.17) is 14.6 Å². The fourth-order valence-corrected chi connectivity index (χ4v) is 2.43. The predicted octanol–water partition coefficient (Wildman–Crippen LogP) is 1.67. The van der Waals surface area contributed by atoms with Gasteiger partial charge in [-0.15, -0.1) is 0 Å². The van der Waals surface area contributed by atoms with Crippen molar-refractivity contribution in [3.05, 3.63) is 12.7 Å². The van der Waals surface area contributed by atoms with Crippen LogP contribution < -0.4 is 4.74 Å². The molecule has 114 valence electrons. The standard InChI is InChI=1S/C14H20N4O3/c1-3-9(2)20-14-12-13(15-7-16-14)18(8-17-12)11-5-4-10(6-19)21-11/h7-11,19H,3-6H2,1-2H3/t9-,10+,11-/m1/s1. The van der Waals surface area contributed by atoms with E-state index >= 15 is 0 Å². The van der Waals surface area contributed by atoms with Gasteiger partial charge in [-0.25, -0.2) is 9.97 Å². The van der Waals surface area contributed by atoms with Crippen LogP contribution in [-0.2, 0) is 4.74 Å². The lowest BCUT2D eigenvalue weighted by atomic mass is 10.2. The van der Waals surface area contributed by atoms with Crippen molar-refractivity contribution in [1.82, 2.24) is 19.5 Å². The minimum absolute atomic E-state index is 0.0422. The molecule has 21 heavy (non-hydrogen) atoms. The van der Waals surface area contributed by atoms with Crippen molar-refractivity contribution in [2.45, 2.75) is 51.5 Å². The van der Waals surface area contributed by atoms with Gasteiger partial charge in [-0.05, 0) is 26.2 Å². The Hall–Kier alpha value is -1.73. The van der Waals surface area contributed by atoms with E-state index in [1.165, 1.54) is 6.33 Å². The molecule has 1 N–H and O–H groups in total. The Morgan fingerprint density at radius 3 is 3.00 bits per heavy atom. The smallest absolute Gasteiger partial charge is 0.245 e. The van der Waals surface area contributed by atoms with Crippen LogP contribution in [0.2, 0.25) is 0 Å². The molecule has 7 nitrogen and oxygen atoms in total. The first-order valence-electron chi connectivity index (χ1n) is 7.33.